The number of nitrogens with one attached hydrogen (secondary N) is 1. The average Bonchev–Trinajstić information content (AvgIpc) is 2.85. The molecule has 0 aliphatic heterocycles. The lowest BCUT2D eigenvalue weighted by Gasteiger charge is -2.25. The number of aromatic nitrogens is 2. The summed E-state index contributed by atoms with van der Waals surface area (Å²) in [7, 11) is 0. The molecular formula is C26H25ClN4O4. The maximum Gasteiger partial charge on any atom is 0.511 e. The van der Waals surface area contributed by atoms with Crippen LogP contribution in [0.5, 0.6) is 5.75 Å². The van der Waals surface area contributed by atoms with Crippen LogP contribution >= 0.6 is 11.6 Å². The quantitative estimate of drug-likeness (QED) is 0.176. The Bertz CT molecular complexity index is 1320. The van der Waals surface area contributed by atoms with Gasteiger partial charge in [-0.15, -0.1) is 0 Å². The smallest absolute Gasteiger partial charge is 0.455 e. The van der Waals surface area contributed by atoms with Crippen molar-refractivity contribution in [2.45, 2.75) is 26.0 Å². The molecule has 3 N–H and O–H groups in total. The Morgan fingerprint density at radius 1 is 1.00 bits per heavy atom. The third-order valence-electron chi connectivity index (χ3n) is 5.11. The maximum atomic E-state index is 11.9. The summed E-state index contributed by atoms with van der Waals surface area (Å²) in [6.45, 7) is 3.10. The topological polar surface area (TPSA) is 109 Å². The predicted octanol–water partition coefficient (Wildman–Crippen LogP) is 5.96. The van der Waals surface area contributed by atoms with Crippen LogP contribution in [-0.4, -0.2) is 29.0 Å². The van der Waals surface area contributed by atoms with Gasteiger partial charge in [0.2, 0.25) is 6.79 Å². The minimum Gasteiger partial charge on any atom is -0.455 e. The zero-order valence-electron chi connectivity index (χ0n) is 19.3. The van der Waals surface area contributed by atoms with E-state index in [0.29, 0.717) is 33.4 Å². The van der Waals surface area contributed by atoms with Gasteiger partial charge in [-0.05, 0) is 43.7 Å². The highest BCUT2D eigenvalue weighted by atomic mass is 35.5. The molecule has 0 saturated carbocycles. The fourth-order valence-corrected chi connectivity index (χ4v) is 3.82. The van der Waals surface area contributed by atoms with Gasteiger partial charge in [0, 0.05) is 23.3 Å². The number of nitrogen functional groups attached to an aromatic ring is 1. The molecule has 2 aromatic heterocycles. The zero-order chi connectivity index (χ0) is 24.8. The van der Waals surface area contributed by atoms with Crippen molar-refractivity contribution in [1.29, 1.82) is 0 Å². The van der Waals surface area contributed by atoms with Gasteiger partial charge < -0.3 is 25.3 Å². The second kappa shape index (κ2) is 10.9. The standard InChI is InChI=1S/C26H25ClN4O4/c1-16(2)35-26(32)34-15-33-25-19(12-11-17-7-6-14-30-23(17)25)24(31-21-10-3-4-13-29-21)18-8-5-9-20(28)22(18)27/h3-14,16,24H,15,28H2,1-2H3,(H,29,31). The maximum absolute atomic E-state index is 11.9. The molecule has 8 nitrogen and oxygen atoms in total. The van der Waals surface area contributed by atoms with E-state index in [1.807, 2.05) is 54.6 Å². The van der Waals surface area contributed by atoms with Crippen molar-refractivity contribution in [2.75, 3.05) is 17.8 Å². The molecule has 0 fully saturated rings. The molecule has 0 spiro atoms. The van der Waals surface area contributed by atoms with Crippen LogP contribution in [0.25, 0.3) is 10.9 Å². The first-order chi connectivity index (χ1) is 16.9. The lowest BCUT2D eigenvalue weighted by atomic mass is 9.95. The van der Waals surface area contributed by atoms with Crippen molar-refractivity contribution in [3.05, 3.63) is 89.2 Å². The Morgan fingerprint density at radius 3 is 2.60 bits per heavy atom. The highest BCUT2D eigenvalue weighted by molar-refractivity contribution is 6.34. The number of pyridine rings is 2. The molecule has 2 heterocycles. The van der Waals surface area contributed by atoms with Crippen LogP contribution in [0.4, 0.5) is 16.3 Å². The predicted molar refractivity (Wildman–Crippen MR) is 136 cm³/mol. The van der Waals surface area contributed by atoms with Crippen LogP contribution in [0, 0.1) is 0 Å². The van der Waals surface area contributed by atoms with Crippen LogP contribution in [0.1, 0.15) is 31.0 Å². The van der Waals surface area contributed by atoms with Gasteiger partial charge in [-0.25, -0.2) is 9.78 Å². The number of carbonyl (C=O) groups is 1. The number of carbonyl (C=O) groups excluding carboxylic acids is 1. The van der Waals surface area contributed by atoms with E-state index in [4.69, 9.17) is 31.5 Å². The van der Waals surface area contributed by atoms with Gasteiger partial charge >= 0.3 is 6.16 Å². The Morgan fingerprint density at radius 2 is 1.83 bits per heavy atom. The SMILES string of the molecule is CC(C)OC(=O)OCOc1c(C(Nc2ccccn2)c2cccc(N)c2Cl)ccc2cccnc12. The van der Waals surface area contributed by atoms with Crippen LogP contribution in [0.3, 0.4) is 0 Å². The number of benzene rings is 2. The molecule has 0 saturated heterocycles. The van der Waals surface area contributed by atoms with Gasteiger partial charge in [0.1, 0.15) is 11.3 Å². The molecule has 4 aromatic rings. The molecule has 2 aromatic carbocycles. The summed E-state index contributed by atoms with van der Waals surface area (Å²) in [6, 6.07) is 18.1. The molecule has 180 valence electrons. The Balaban J connectivity index is 1.79. The first-order valence-electron chi connectivity index (χ1n) is 11.0. The third-order valence-corrected chi connectivity index (χ3v) is 5.54. The van der Waals surface area contributed by atoms with Crippen LogP contribution in [-0.2, 0) is 9.47 Å². The highest BCUT2D eigenvalue weighted by Crippen LogP contribution is 2.40. The van der Waals surface area contributed by atoms with Gasteiger partial charge in [-0.3, -0.25) is 4.98 Å². The molecule has 0 aliphatic carbocycles. The molecule has 1 unspecified atom stereocenters. The van der Waals surface area contributed by atoms with E-state index in [-0.39, 0.29) is 12.9 Å². The van der Waals surface area contributed by atoms with Crippen molar-refractivity contribution >= 4 is 40.2 Å². The van der Waals surface area contributed by atoms with E-state index >= 15 is 0 Å². The number of fused-ring (bicyclic) bond motifs is 1. The summed E-state index contributed by atoms with van der Waals surface area (Å²) in [5.41, 5.74) is 8.58. The molecule has 9 heteroatoms. The summed E-state index contributed by atoms with van der Waals surface area (Å²) in [4.78, 5) is 20.8. The largest absolute Gasteiger partial charge is 0.511 e. The fourth-order valence-electron chi connectivity index (χ4n) is 3.59. The number of halogens is 1. The highest BCUT2D eigenvalue weighted by Gasteiger charge is 2.25. The van der Waals surface area contributed by atoms with Crippen LogP contribution in [0.15, 0.2) is 73.1 Å². The lowest BCUT2D eigenvalue weighted by molar-refractivity contribution is -0.00807. The molecule has 0 amide bonds. The van der Waals surface area contributed by atoms with Gasteiger partial charge in [0.25, 0.3) is 0 Å². The zero-order valence-corrected chi connectivity index (χ0v) is 20.0. The molecule has 0 aliphatic rings. The van der Waals surface area contributed by atoms with E-state index in [1.165, 1.54) is 0 Å². The van der Waals surface area contributed by atoms with Crippen molar-refractivity contribution in [2.24, 2.45) is 0 Å². The van der Waals surface area contributed by atoms with E-state index in [0.717, 1.165) is 10.9 Å². The number of nitrogens with zero attached hydrogens (tertiary/aromatic N) is 2. The number of rotatable bonds is 8. The number of nitrogens with two attached hydrogens (primary N) is 1. The van der Waals surface area contributed by atoms with E-state index < -0.39 is 12.2 Å². The first kappa shape index (κ1) is 24.1. The number of hydrogen-bond acceptors (Lipinski definition) is 8. The minimum absolute atomic E-state index is 0.310. The third kappa shape index (κ3) is 5.73. The number of hydrogen-bond donors (Lipinski definition) is 2. The molecule has 0 radical (unpaired) electrons. The molecule has 35 heavy (non-hydrogen) atoms. The van der Waals surface area contributed by atoms with E-state index in [9.17, 15) is 4.79 Å². The van der Waals surface area contributed by atoms with Gasteiger partial charge in [-0.2, -0.15) is 0 Å². The van der Waals surface area contributed by atoms with Gasteiger partial charge in [-0.1, -0.05) is 48.0 Å². The summed E-state index contributed by atoms with van der Waals surface area (Å²) in [5, 5.41) is 4.68. The summed E-state index contributed by atoms with van der Waals surface area (Å²) >= 11 is 6.64. The monoisotopic (exact) mass is 492 g/mol. The molecule has 4 rings (SSSR count). The number of anilines is 2. The normalized spacial score (nSPS) is 11.8. The van der Waals surface area contributed by atoms with Crippen molar-refractivity contribution in [3.63, 3.8) is 0 Å². The van der Waals surface area contributed by atoms with Crippen molar-refractivity contribution in [1.82, 2.24) is 9.97 Å². The average molecular weight is 493 g/mol. The summed E-state index contributed by atoms with van der Waals surface area (Å²) < 4.78 is 16.1. The van der Waals surface area contributed by atoms with Gasteiger partial charge in [0.05, 0.1) is 22.9 Å². The van der Waals surface area contributed by atoms with Crippen LogP contribution in [0.2, 0.25) is 5.02 Å². The van der Waals surface area contributed by atoms with Crippen molar-refractivity contribution < 1.29 is 19.0 Å². The van der Waals surface area contributed by atoms with Crippen molar-refractivity contribution in [3.8, 4) is 5.75 Å². The Hall–Kier alpha value is -4.04. The molecule has 1 atom stereocenters. The Labute approximate surface area is 208 Å². The summed E-state index contributed by atoms with van der Waals surface area (Å²) in [6.07, 6.45) is 2.22. The lowest BCUT2D eigenvalue weighted by Crippen LogP contribution is -2.18. The van der Waals surface area contributed by atoms with Crippen LogP contribution < -0.4 is 15.8 Å². The second-order valence-corrected chi connectivity index (χ2v) is 8.30. The summed E-state index contributed by atoms with van der Waals surface area (Å²) in [5.74, 6) is 1.05. The Kier molecular flexibility index (Phi) is 7.52. The van der Waals surface area contributed by atoms with E-state index in [2.05, 4.69) is 15.3 Å². The van der Waals surface area contributed by atoms with Gasteiger partial charge in [0.15, 0.2) is 5.75 Å². The second-order valence-electron chi connectivity index (χ2n) is 7.92. The first-order valence-corrected chi connectivity index (χ1v) is 11.4. The molecular weight excluding hydrogens is 468 g/mol. The minimum atomic E-state index is -0.822. The van der Waals surface area contributed by atoms with E-state index in [1.54, 1.807) is 32.3 Å². The number of ether oxygens (including phenoxy) is 3. The fraction of sp³-hybridized carbons (Fsp3) is 0.192. The molecule has 0 bridgehead atoms.